The van der Waals surface area contributed by atoms with Gasteiger partial charge in [-0.15, -0.1) is 0 Å². The molecule has 0 saturated carbocycles. The summed E-state index contributed by atoms with van der Waals surface area (Å²) in [5.41, 5.74) is 12.0. The summed E-state index contributed by atoms with van der Waals surface area (Å²) in [5, 5.41) is 3.54. The highest BCUT2D eigenvalue weighted by Crippen LogP contribution is 2.25. The third kappa shape index (κ3) is 6.46. The molecule has 0 aliphatic carbocycles. The summed E-state index contributed by atoms with van der Waals surface area (Å²) in [6, 6.07) is 21.3. The zero-order valence-corrected chi connectivity index (χ0v) is 13.9. The van der Waals surface area contributed by atoms with Crippen molar-refractivity contribution in [1.82, 2.24) is 9.97 Å². The molecule has 0 atom stereocenters. The minimum atomic E-state index is -4.69. The molecular formula is C16H12ClN5O4. The van der Waals surface area contributed by atoms with Crippen LogP contribution in [0.2, 0.25) is 0 Å². The first-order valence-electron chi connectivity index (χ1n) is 7.05. The SMILES string of the molecule is [N-]=[N+]=Nc1nc(-c2ccccc2)cc(-c2ccccc2)n1.[O-][Cl+3]([O-])([O-])O. The summed E-state index contributed by atoms with van der Waals surface area (Å²) in [6.07, 6.45) is 0. The Morgan fingerprint density at radius 3 is 1.58 bits per heavy atom. The molecule has 132 valence electrons. The van der Waals surface area contributed by atoms with Crippen molar-refractivity contribution in [3.63, 3.8) is 0 Å². The summed E-state index contributed by atoms with van der Waals surface area (Å²) < 4.78 is 32.7. The highest BCUT2D eigenvalue weighted by atomic mass is 35.7. The number of azide groups is 1. The summed E-state index contributed by atoms with van der Waals surface area (Å²) >= 11 is 0. The molecule has 0 saturated heterocycles. The third-order valence-corrected chi connectivity index (χ3v) is 2.99. The normalized spacial score (nSPS) is 10.3. The van der Waals surface area contributed by atoms with Crippen LogP contribution in [0.5, 0.6) is 0 Å². The quantitative estimate of drug-likeness (QED) is 0.401. The Morgan fingerprint density at radius 1 is 0.846 bits per heavy atom. The zero-order valence-electron chi connectivity index (χ0n) is 13.1. The van der Waals surface area contributed by atoms with Crippen LogP contribution in [0, 0.1) is 10.2 Å². The molecule has 1 aromatic heterocycles. The van der Waals surface area contributed by atoms with Gasteiger partial charge in [-0.2, -0.15) is 14.0 Å². The van der Waals surface area contributed by atoms with Crippen LogP contribution in [0.4, 0.5) is 5.95 Å². The first-order chi connectivity index (χ1) is 12.4. The van der Waals surface area contributed by atoms with E-state index in [1.54, 1.807) is 0 Å². The summed E-state index contributed by atoms with van der Waals surface area (Å²) in [4.78, 5) is 11.4. The van der Waals surface area contributed by atoms with E-state index in [9.17, 15) is 0 Å². The van der Waals surface area contributed by atoms with E-state index in [1.807, 2.05) is 66.7 Å². The van der Waals surface area contributed by atoms with Crippen molar-refractivity contribution < 1.29 is 28.9 Å². The van der Waals surface area contributed by atoms with Crippen molar-refractivity contribution in [2.24, 2.45) is 5.11 Å². The molecule has 26 heavy (non-hydrogen) atoms. The Kier molecular flexibility index (Phi) is 6.59. The second-order valence-corrected chi connectivity index (χ2v) is 5.55. The molecule has 0 unspecified atom stereocenters. The molecule has 0 fully saturated rings. The van der Waals surface area contributed by atoms with E-state index in [-0.39, 0.29) is 5.95 Å². The topological polar surface area (TPSA) is 164 Å². The van der Waals surface area contributed by atoms with E-state index in [0.717, 1.165) is 22.5 Å². The van der Waals surface area contributed by atoms with Crippen molar-refractivity contribution in [3.8, 4) is 22.5 Å². The fourth-order valence-electron chi connectivity index (χ4n) is 2.03. The average molecular weight is 374 g/mol. The molecule has 0 amide bonds. The molecule has 0 radical (unpaired) electrons. The summed E-state index contributed by atoms with van der Waals surface area (Å²) in [5.74, 6) is 0.123. The lowest BCUT2D eigenvalue weighted by molar-refractivity contribution is -1.92. The second-order valence-electron chi connectivity index (χ2n) is 4.76. The largest absolute Gasteiger partial charge is 0.227 e. The fourth-order valence-corrected chi connectivity index (χ4v) is 2.03. The molecule has 9 nitrogen and oxygen atoms in total. The van der Waals surface area contributed by atoms with Crippen molar-refractivity contribution in [2.45, 2.75) is 0 Å². The number of aromatic nitrogens is 2. The van der Waals surface area contributed by atoms with Crippen LogP contribution in [0.15, 0.2) is 71.8 Å². The molecule has 2 aromatic carbocycles. The number of benzene rings is 2. The van der Waals surface area contributed by atoms with Crippen LogP contribution < -0.4 is 14.0 Å². The van der Waals surface area contributed by atoms with Crippen molar-refractivity contribution in [1.29, 1.82) is 0 Å². The van der Waals surface area contributed by atoms with Crippen LogP contribution in [0.3, 0.4) is 0 Å². The lowest BCUT2D eigenvalue weighted by atomic mass is 10.1. The molecule has 3 aromatic rings. The Morgan fingerprint density at radius 2 is 1.23 bits per heavy atom. The van der Waals surface area contributed by atoms with Gasteiger partial charge in [-0.25, -0.2) is 9.97 Å². The zero-order chi connectivity index (χ0) is 19.0. The van der Waals surface area contributed by atoms with Gasteiger partial charge in [-0.05, 0) is 16.7 Å². The van der Waals surface area contributed by atoms with E-state index >= 15 is 0 Å². The van der Waals surface area contributed by atoms with E-state index in [1.165, 1.54) is 0 Å². The van der Waals surface area contributed by atoms with Crippen LogP contribution in [0.25, 0.3) is 33.0 Å². The first kappa shape index (κ1) is 19.3. The Balaban J connectivity index is 0.000000431. The smallest absolute Gasteiger partial charge is 0.217 e. The summed E-state index contributed by atoms with van der Waals surface area (Å²) in [6.45, 7) is 0. The van der Waals surface area contributed by atoms with Crippen LogP contribution in [-0.4, -0.2) is 14.6 Å². The summed E-state index contributed by atoms with van der Waals surface area (Å²) in [7, 11) is -4.69. The number of rotatable bonds is 3. The van der Waals surface area contributed by atoms with Gasteiger partial charge in [0.2, 0.25) is 5.95 Å². The standard InChI is InChI=1S/C16H11N5.ClHO4/c17-21-20-16-18-14(12-7-3-1-4-8-12)11-15(19-16)13-9-5-2-6-10-13;2-1(3,4)5/h1-11H;(H,2,3,4,5). The van der Waals surface area contributed by atoms with Crippen molar-refractivity contribution >= 4 is 5.95 Å². The number of nitrogens with zero attached hydrogens (tertiary/aromatic N) is 5. The minimum absolute atomic E-state index is 0.123. The van der Waals surface area contributed by atoms with Gasteiger partial charge < -0.3 is 0 Å². The molecule has 0 spiro atoms. The van der Waals surface area contributed by atoms with Gasteiger partial charge >= 0.3 is 0 Å². The first-order valence-corrected chi connectivity index (χ1v) is 8.31. The number of hydrogen-bond donors (Lipinski definition) is 1. The average Bonchev–Trinajstić information content (AvgIpc) is 2.62. The van der Waals surface area contributed by atoms with E-state index in [4.69, 9.17) is 24.2 Å². The van der Waals surface area contributed by atoms with Crippen LogP contribution in [0.1, 0.15) is 0 Å². The van der Waals surface area contributed by atoms with Gasteiger partial charge in [0.05, 0.1) is 26.3 Å². The van der Waals surface area contributed by atoms with Gasteiger partial charge in [0.1, 0.15) is 0 Å². The Labute approximate surface area is 150 Å². The fraction of sp³-hybridized carbons (Fsp3) is 0. The third-order valence-electron chi connectivity index (χ3n) is 2.99. The maximum atomic E-state index is 8.62. The number of hydrogen-bond acceptors (Lipinski definition) is 7. The molecule has 1 N–H and O–H groups in total. The number of halogens is 1. The van der Waals surface area contributed by atoms with E-state index in [2.05, 4.69) is 20.0 Å². The van der Waals surface area contributed by atoms with Crippen LogP contribution >= 0.6 is 0 Å². The maximum Gasteiger partial charge on any atom is 0.217 e. The van der Waals surface area contributed by atoms with Crippen molar-refractivity contribution in [3.05, 3.63) is 77.2 Å². The van der Waals surface area contributed by atoms with Gasteiger partial charge in [-0.1, -0.05) is 60.7 Å². The molecule has 0 aliphatic heterocycles. The maximum absolute atomic E-state index is 8.62. The second kappa shape index (κ2) is 8.88. The molecule has 0 bridgehead atoms. The highest BCUT2D eigenvalue weighted by Gasteiger charge is 2.07. The monoisotopic (exact) mass is 373 g/mol. The van der Waals surface area contributed by atoms with Gasteiger partial charge in [0, 0.05) is 16.0 Å². The molecule has 1 heterocycles. The van der Waals surface area contributed by atoms with Gasteiger partial charge in [0.25, 0.3) is 0 Å². The lowest BCUT2D eigenvalue weighted by Gasteiger charge is -2.06. The van der Waals surface area contributed by atoms with Crippen molar-refractivity contribution in [2.75, 3.05) is 0 Å². The molecular weight excluding hydrogens is 362 g/mol. The predicted octanol–water partition coefficient (Wildman–Crippen LogP) is 0.628. The lowest BCUT2D eigenvalue weighted by Crippen LogP contribution is -2.58. The molecule has 10 heteroatoms. The highest BCUT2D eigenvalue weighted by molar-refractivity contribution is 5.68. The van der Waals surface area contributed by atoms with E-state index < -0.39 is 10.2 Å². The van der Waals surface area contributed by atoms with Gasteiger partial charge in [-0.3, -0.25) is 0 Å². The van der Waals surface area contributed by atoms with E-state index in [0.29, 0.717) is 0 Å². The Bertz CT molecular complexity index is 834. The Hall–Kier alpha value is -3.04. The predicted molar refractivity (Wildman–Crippen MR) is 83.9 cm³/mol. The van der Waals surface area contributed by atoms with Crippen LogP contribution in [-0.2, 0) is 0 Å². The minimum Gasteiger partial charge on any atom is -0.227 e. The van der Waals surface area contributed by atoms with Gasteiger partial charge in [0.15, 0.2) is 0 Å². The molecule has 0 aliphatic rings. The molecule has 3 rings (SSSR count).